The second-order valence-electron chi connectivity index (χ2n) is 5.00. The Bertz CT molecular complexity index is 187. The summed E-state index contributed by atoms with van der Waals surface area (Å²) in [7, 11) is 0. The van der Waals surface area contributed by atoms with E-state index < -0.39 is 0 Å². The number of hydrogen-bond acceptors (Lipinski definition) is 3. The molecule has 1 rings (SSSR count). The highest BCUT2D eigenvalue weighted by Gasteiger charge is 2.24. The van der Waals surface area contributed by atoms with Crippen LogP contribution in [0.4, 0.5) is 0 Å². The molecule has 0 spiro atoms. The third-order valence-electron chi connectivity index (χ3n) is 3.63. The molecular formula is C13H28N2S. The fourth-order valence-corrected chi connectivity index (χ4v) is 3.46. The molecule has 3 atom stereocenters. The SMILES string of the molecule is CCCC(C)NCCN1CCSC(C)C1C. The quantitative estimate of drug-likeness (QED) is 0.773. The molecule has 1 saturated heterocycles. The zero-order valence-electron chi connectivity index (χ0n) is 11.3. The first kappa shape index (κ1) is 14.3. The molecule has 3 unspecified atom stereocenters. The van der Waals surface area contributed by atoms with E-state index in [1.165, 1.54) is 31.7 Å². The van der Waals surface area contributed by atoms with E-state index in [0.29, 0.717) is 6.04 Å². The molecule has 0 aromatic heterocycles. The van der Waals surface area contributed by atoms with Crippen LogP contribution in [0.1, 0.15) is 40.5 Å². The maximum Gasteiger partial charge on any atom is 0.0184 e. The lowest BCUT2D eigenvalue weighted by molar-refractivity contribution is 0.211. The number of nitrogens with one attached hydrogen (secondary N) is 1. The van der Waals surface area contributed by atoms with Crippen LogP contribution in [0.3, 0.4) is 0 Å². The standard InChI is InChI=1S/C13H28N2S/c1-5-6-11(2)14-7-8-15-9-10-16-13(4)12(15)3/h11-14H,5-10H2,1-4H3. The van der Waals surface area contributed by atoms with Crippen LogP contribution in [0.5, 0.6) is 0 Å². The second-order valence-corrected chi connectivity index (χ2v) is 6.48. The molecule has 0 aliphatic carbocycles. The Kier molecular flexibility index (Phi) is 6.78. The minimum absolute atomic E-state index is 0.678. The van der Waals surface area contributed by atoms with E-state index in [-0.39, 0.29) is 0 Å². The Balaban J connectivity index is 2.16. The van der Waals surface area contributed by atoms with Crippen molar-refractivity contribution < 1.29 is 0 Å². The zero-order chi connectivity index (χ0) is 12.0. The summed E-state index contributed by atoms with van der Waals surface area (Å²) >= 11 is 2.12. The largest absolute Gasteiger partial charge is 0.313 e. The average Bonchev–Trinajstić information content (AvgIpc) is 2.25. The molecule has 2 nitrogen and oxygen atoms in total. The van der Waals surface area contributed by atoms with Gasteiger partial charge in [-0.05, 0) is 20.3 Å². The van der Waals surface area contributed by atoms with Crippen molar-refractivity contribution >= 4 is 11.8 Å². The van der Waals surface area contributed by atoms with Gasteiger partial charge in [-0.3, -0.25) is 4.90 Å². The molecular weight excluding hydrogens is 216 g/mol. The summed E-state index contributed by atoms with van der Waals surface area (Å²) in [5.41, 5.74) is 0. The molecule has 0 aromatic carbocycles. The van der Waals surface area contributed by atoms with Crippen LogP contribution in [0.15, 0.2) is 0 Å². The van der Waals surface area contributed by atoms with Gasteiger partial charge in [-0.1, -0.05) is 20.3 Å². The van der Waals surface area contributed by atoms with E-state index in [9.17, 15) is 0 Å². The van der Waals surface area contributed by atoms with E-state index >= 15 is 0 Å². The molecule has 96 valence electrons. The summed E-state index contributed by atoms with van der Waals surface area (Å²) in [6.45, 7) is 12.9. The highest BCUT2D eigenvalue weighted by molar-refractivity contribution is 8.00. The van der Waals surface area contributed by atoms with Crippen molar-refractivity contribution in [2.45, 2.75) is 57.9 Å². The Hall–Kier alpha value is 0.270. The number of rotatable bonds is 6. The van der Waals surface area contributed by atoms with Crippen molar-refractivity contribution in [1.82, 2.24) is 10.2 Å². The van der Waals surface area contributed by atoms with Crippen LogP contribution in [0.2, 0.25) is 0 Å². The first-order valence-corrected chi connectivity index (χ1v) is 7.79. The fraction of sp³-hybridized carbons (Fsp3) is 1.00. The predicted molar refractivity (Wildman–Crippen MR) is 75.3 cm³/mol. The molecule has 1 aliphatic heterocycles. The summed E-state index contributed by atoms with van der Waals surface area (Å²) in [5.74, 6) is 1.30. The summed E-state index contributed by atoms with van der Waals surface area (Å²) in [4.78, 5) is 2.63. The minimum Gasteiger partial charge on any atom is -0.313 e. The predicted octanol–water partition coefficient (Wildman–Crippen LogP) is 2.59. The molecule has 16 heavy (non-hydrogen) atoms. The van der Waals surface area contributed by atoms with Crippen LogP contribution in [-0.4, -0.2) is 47.6 Å². The first-order valence-electron chi connectivity index (χ1n) is 6.74. The van der Waals surface area contributed by atoms with Crippen LogP contribution in [-0.2, 0) is 0 Å². The molecule has 1 aliphatic rings. The van der Waals surface area contributed by atoms with Gasteiger partial charge in [0.2, 0.25) is 0 Å². The van der Waals surface area contributed by atoms with Gasteiger partial charge in [0.25, 0.3) is 0 Å². The molecule has 1 heterocycles. The third kappa shape index (κ3) is 4.64. The van der Waals surface area contributed by atoms with Gasteiger partial charge >= 0.3 is 0 Å². The molecule has 0 amide bonds. The van der Waals surface area contributed by atoms with Crippen molar-refractivity contribution in [3.63, 3.8) is 0 Å². The topological polar surface area (TPSA) is 15.3 Å². The number of hydrogen-bond donors (Lipinski definition) is 1. The monoisotopic (exact) mass is 244 g/mol. The Morgan fingerprint density at radius 1 is 1.44 bits per heavy atom. The van der Waals surface area contributed by atoms with E-state index in [1.807, 2.05) is 0 Å². The van der Waals surface area contributed by atoms with Crippen molar-refractivity contribution in [3.05, 3.63) is 0 Å². The van der Waals surface area contributed by atoms with Gasteiger partial charge < -0.3 is 5.32 Å². The van der Waals surface area contributed by atoms with Gasteiger partial charge in [0.05, 0.1) is 0 Å². The molecule has 0 aromatic rings. The summed E-state index contributed by atoms with van der Waals surface area (Å²) in [6, 6.07) is 1.42. The van der Waals surface area contributed by atoms with Crippen molar-refractivity contribution in [1.29, 1.82) is 0 Å². The van der Waals surface area contributed by atoms with Gasteiger partial charge in [0.15, 0.2) is 0 Å². The lowest BCUT2D eigenvalue weighted by Gasteiger charge is -2.37. The summed E-state index contributed by atoms with van der Waals surface area (Å²) in [6.07, 6.45) is 2.57. The van der Waals surface area contributed by atoms with Crippen molar-refractivity contribution in [3.8, 4) is 0 Å². The average molecular weight is 244 g/mol. The Labute approximate surface area is 106 Å². The summed E-state index contributed by atoms with van der Waals surface area (Å²) < 4.78 is 0. The van der Waals surface area contributed by atoms with Gasteiger partial charge in [0, 0.05) is 42.7 Å². The van der Waals surface area contributed by atoms with Gasteiger partial charge in [-0.2, -0.15) is 11.8 Å². The number of nitrogens with zero attached hydrogens (tertiary/aromatic N) is 1. The van der Waals surface area contributed by atoms with Crippen molar-refractivity contribution in [2.24, 2.45) is 0 Å². The Morgan fingerprint density at radius 2 is 2.19 bits per heavy atom. The maximum absolute atomic E-state index is 3.62. The molecule has 1 N–H and O–H groups in total. The molecule has 1 fully saturated rings. The molecule has 0 bridgehead atoms. The minimum atomic E-state index is 0.678. The van der Waals surface area contributed by atoms with Crippen LogP contribution in [0, 0.1) is 0 Å². The zero-order valence-corrected chi connectivity index (χ0v) is 12.1. The number of thioether (sulfide) groups is 1. The fourth-order valence-electron chi connectivity index (χ4n) is 2.30. The van der Waals surface area contributed by atoms with Crippen LogP contribution >= 0.6 is 11.8 Å². The lowest BCUT2D eigenvalue weighted by Crippen LogP contribution is -2.47. The highest BCUT2D eigenvalue weighted by Crippen LogP contribution is 2.23. The van der Waals surface area contributed by atoms with E-state index in [0.717, 1.165) is 17.8 Å². The van der Waals surface area contributed by atoms with Crippen molar-refractivity contribution in [2.75, 3.05) is 25.4 Å². The third-order valence-corrected chi connectivity index (χ3v) is 4.97. The molecule has 3 heteroatoms. The first-order chi connectivity index (χ1) is 7.65. The molecule has 0 saturated carbocycles. The maximum atomic E-state index is 3.62. The van der Waals surface area contributed by atoms with Crippen LogP contribution in [0.25, 0.3) is 0 Å². The Morgan fingerprint density at radius 3 is 2.88 bits per heavy atom. The second kappa shape index (κ2) is 7.57. The van der Waals surface area contributed by atoms with E-state index in [2.05, 4.69) is 49.7 Å². The normalized spacial score (nSPS) is 29.2. The molecule has 0 radical (unpaired) electrons. The highest BCUT2D eigenvalue weighted by atomic mass is 32.2. The lowest BCUT2D eigenvalue weighted by atomic mass is 10.2. The summed E-state index contributed by atoms with van der Waals surface area (Å²) in [5, 5.41) is 4.41. The van der Waals surface area contributed by atoms with Gasteiger partial charge in [0.1, 0.15) is 0 Å². The van der Waals surface area contributed by atoms with Gasteiger partial charge in [-0.25, -0.2) is 0 Å². The van der Waals surface area contributed by atoms with E-state index in [1.54, 1.807) is 0 Å². The van der Waals surface area contributed by atoms with E-state index in [4.69, 9.17) is 0 Å². The van der Waals surface area contributed by atoms with Gasteiger partial charge in [-0.15, -0.1) is 0 Å². The van der Waals surface area contributed by atoms with Crippen LogP contribution < -0.4 is 5.32 Å². The smallest absolute Gasteiger partial charge is 0.0184 e.